The quantitative estimate of drug-likeness (QED) is 0.885. The first-order chi connectivity index (χ1) is 7.90. The average Bonchev–Trinajstić information content (AvgIpc) is 2.22. The number of carbonyl (C=O) groups is 1. The van der Waals surface area contributed by atoms with Gasteiger partial charge in [-0.2, -0.15) is 0 Å². The molecule has 94 valence electrons. The topological polar surface area (TPSA) is 55.1 Å². The van der Waals surface area contributed by atoms with Crippen LogP contribution in [0.4, 0.5) is 5.69 Å². The lowest BCUT2D eigenvalue weighted by Gasteiger charge is -2.15. The smallest absolute Gasteiger partial charge is 0.241 e. The van der Waals surface area contributed by atoms with Crippen molar-refractivity contribution < 1.29 is 4.79 Å². The van der Waals surface area contributed by atoms with Gasteiger partial charge in [0.15, 0.2) is 0 Å². The number of benzene rings is 1. The maximum atomic E-state index is 11.8. The van der Waals surface area contributed by atoms with E-state index in [-0.39, 0.29) is 5.91 Å². The molecule has 0 bridgehead atoms. The van der Waals surface area contributed by atoms with Gasteiger partial charge in [0.25, 0.3) is 0 Å². The molecular weight excluding hydrogens is 259 g/mol. The van der Waals surface area contributed by atoms with E-state index < -0.39 is 6.04 Å². The lowest BCUT2D eigenvalue weighted by Crippen LogP contribution is -2.36. The second-order valence-corrected chi connectivity index (χ2v) is 5.19. The number of nitrogens with two attached hydrogens (primary N) is 1. The zero-order valence-corrected chi connectivity index (χ0v) is 11.3. The molecule has 3 N–H and O–H groups in total. The van der Waals surface area contributed by atoms with Crippen LogP contribution in [0.25, 0.3) is 0 Å². The Kier molecular flexibility index (Phi) is 5.25. The predicted molar refractivity (Wildman–Crippen MR) is 72.5 cm³/mol. The van der Waals surface area contributed by atoms with Crippen molar-refractivity contribution in [2.45, 2.75) is 26.3 Å². The van der Waals surface area contributed by atoms with Crippen LogP contribution < -0.4 is 11.1 Å². The van der Waals surface area contributed by atoms with Gasteiger partial charge in [-0.3, -0.25) is 4.79 Å². The molecule has 0 aliphatic heterocycles. The highest BCUT2D eigenvalue weighted by Crippen LogP contribution is 2.25. The van der Waals surface area contributed by atoms with Crippen molar-refractivity contribution in [3.63, 3.8) is 0 Å². The lowest BCUT2D eigenvalue weighted by atomic mass is 10.0. The van der Waals surface area contributed by atoms with Crippen molar-refractivity contribution in [1.29, 1.82) is 0 Å². The number of halogens is 2. The third-order valence-electron chi connectivity index (χ3n) is 2.25. The minimum atomic E-state index is -0.537. The van der Waals surface area contributed by atoms with E-state index in [9.17, 15) is 4.79 Å². The molecule has 5 heteroatoms. The second kappa shape index (κ2) is 6.24. The van der Waals surface area contributed by atoms with Crippen LogP contribution in [0.15, 0.2) is 18.2 Å². The van der Waals surface area contributed by atoms with Gasteiger partial charge in [0.05, 0.1) is 16.8 Å². The SMILES string of the molecule is CC(C)C[C@H](N)C(=O)Nc1cc(Cl)ccc1Cl. The highest BCUT2D eigenvalue weighted by Gasteiger charge is 2.16. The molecule has 0 aliphatic carbocycles. The minimum absolute atomic E-state index is 0.247. The van der Waals surface area contributed by atoms with Crippen LogP contribution in [0.5, 0.6) is 0 Å². The van der Waals surface area contributed by atoms with Gasteiger partial charge in [-0.25, -0.2) is 0 Å². The summed E-state index contributed by atoms with van der Waals surface area (Å²) in [7, 11) is 0. The normalized spacial score (nSPS) is 12.6. The summed E-state index contributed by atoms with van der Waals surface area (Å²) in [5.41, 5.74) is 6.26. The van der Waals surface area contributed by atoms with Crippen LogP contribution in [0, 0.1) is 5.92 Å². The van der Waals surface area contributed by atoms with Gasteiger partial charge in [0, 0.05) is 5.02 Å². The van der Waals surface area contributed by atoms with Crippen LogP contribution in [-0.4, -0.2) is 11.9 Å². The van der Waals surface area contributed by atoms with Crippen molar-refractivity contribution >= 4 is 34.8 Å². The van der Waals surface area contributed by atoms with Crippen LogP contribution >= 0.6 is 23.2 Å². The Morgan fingerprint density at radius 3 is 2.65 bits per heavy atom. The van der Waals surface area contributed by atoms with Crippen molar-refractivity contribution in [3.05, 3.63) is 28.2 Å². The number of amides is 1. The molecule has 1 amide bonds. The van der Waals surface area contributed by atoms with E-state index in [2.05, 4.69) is 5.32 Å². The molecule has 17 heavy (non-hydrogen) atoms. The first-order valence-electron chi connectivity index (χ1n) is 5.41. The van der Waals surface area contributed by atoms with E-state index in [1.807, 2.05) is 13.8 Å². The van der Waals surface area contributed by atoms with Gasteiger partial charge in [0.2, 0.25) is 5.91 Å². The first-order valence-corrected chi connectivity index (χ1v) is 6.17. The number of hydrogen-bond acceptors (Lipinski definition) is 2. The molecule has 1 rings (SSSR count). The lowest BCUT2D eigenvalue weighted by molar-refractivity contribution is -0.117. The minimum Gasteiger partial charge on any atom is -0.323 e. The Bertz CT molecular complexity index is 407. The Morgan fingerprint density at radius 1 is 1.41 bits per heavy atom. The van der Waals surface area contributed by atoms with E-state index >= 15 is 0 Å². The summed E-state index contributed by atoms with van der Waals surface area (Å²) in [4.78, 5) is 11.8. The van der Waals surface area contributed by atoms with E-state index in [4.69, 9.17) is 28.9 Å². The molecule has 0 radical (unpaired) electrons. The van der Waals surface area contributed by atoms with Crippen molar-refractivity contribution in [1.82, 2.24) is 0 Å². The summed E-state index contributed by atoms with van der Waals surface area (Å²) in [5.74, 6) is 0.119. The molecule has 3 nitrogen and oxygen atoms in total. The van der Waals surface area contributed by atoms with Crippen LogP contribution in [-0.2, 0) is 4.79 Å². The van der Waals surface area contributed by atoms with Gasteiger partial charge in [-0.05, 0) is 30.5 Å². The molecule has 0 aromatic heterocycles. The van der Waals surface area contributed by atoms with Crippen LogP contribution in [0.2, 0.25) is 10.0 Å². The fourth-order valence-corrected chi connectivity index (χ4v) is 1.77. The Labute approximate surface area is 111 Å². The summed E-state index contributed by atoms with van der Waals surface area (Å²) >= 11 is 11.8. The van der Waals surface area contributed by atoms with Crippen molar-refractivity contribution in [3.8, 4) is 0 Å². The highest BCUT2D eigenvalue weighted by atomic mass is 35.5. The monoisotopic (exact) mass is 274 g/mol. The third-order valence-corrected chi connectivity index (χ3v) is 2.81. The van der Waals surface area contributed by atoms with Crippen molar-refractivity contribution in [2.24, 2.45) is 11.7 Å². The number of rotatable bonds is 4. The maximum absolute atomic E-state index is 11.8. The molecule has 0 aliphatic rings. The van der Waals surface area contributed by atoms with Gasteiger partial charge >= 0.3 is 0 Å². The average molecular weight is 275 g/mol. The maximum Gasteiger partial charge on any atom is 0.241 e. The molecule has 1 atom stereocenters. The fraction of sp³-hybridized carbons (Fsp3) is 0.417. The zero-order chi connectivity index (χ0) is 13.0. The molecule has 0 spiro atoms. The largest absolute Gasteiger partial charge is 0.323 e. The summed E-state index contributed by atoms with van der Waals surface area (Å²) in [6, 6.07) is 4.36. The molecule has 0 unspecified atom stereocenters. The Hall–Kier alpha value is -0.770. The predicted octanol–water partition coefficient (Wildman–Crippen LogP) is 3.31. The number of anilines is 1. The summed E-state index contributed by atoms with van der Waals surface area (Å²) in [5, 5.41) is 3.64. The van der Waals surface area contributed by atoms with Gasteiger partial charge < -0.3 is 11.1 Å². The summed E-state index contributed by atoms with van der Waals surface area (Å²) in [6.07, 6.45) is 0.629. The highest BCUT2D eigenvalue weighted by molar-refractivity contribution is 6.35. The third kappa shape index (κ3) is 4.54. The second-order valence-electron chi connectivity index (χ2n) is 4.35. The standard InChI is InChI=1S/C12H16Cl2N2O/c1-7(2)5-10(15)12(17)16-11-6-8(13)3-4-9(11)14/h3-4,6-7,10H,5,15H2,1-2H3,(H,16,17)/t10-/m0/s1. The van der Waals surface area contributed by atoms with Crippen molar-refractivity contribution in [2.75, 3.05) is 5.32 Å². The van der Waals surface area contributed by atoms with E-state index in [1.54, 1.807) is 18.2 Å². The Balaban J connectivity index is 2.70. The zero-order valence-electron chi connectivity index (χ0n) is 9.84. The van der Waals surface area contributed by atoms with Gasteiger partial charge in [-0.1, -0.05) is 37.0 Å². The van der Waals surface area contributed by atoms with E-state index in [0.717, 1.165) is 0 Å². The Morgan fingerprint density at radius 2 is 2.06 bits per heavy atom. The molecule has 0 saturated heterocycles. The molecule has 0 heterocycles. The summed E-state index contributed by atoms with van der Waals surface area (Å²) < 4.78 is 0. The van der Waals surface area contributed by atoms with Gasteiger partial charge in [-0.15, -0.1) is 0 Å². The van der Waals surface area contributed by atoms with E-state index in [0.29, 0.717) is 28.1 Å². The molecule has 0 fully saturated rings. The van der Waals surface area contributed by atoms with Crippen LogP contribution in [0.1, 0.15) is 20.3 Å². The number of nitrogens with one attached hydrogen (secondary N) is 1. The van der Waals surface area contributed by atoms with Crippen LogP contribution in [0.3, 0.4) is 0 Å². The number of hydrogen-bond donors (Lipinski definition) is 2. The molecular formula is C12H16Cl2N2O. The van der Waals surface area contributed by atoms with E-state index in [1.165, 1.54) is 0 Å². The summed E-state index contributed by atoms with van der Waals surface area (Å²) in [6.45, 7) is 4.03. The first kappa shape index (κ1) is 14.3. The number of carbonyl (C=O) groups excluding carboxylic acids is 1. The fourth-order valence-electron chi connectivity index (χ4n) is 1.43. The van der Waals surface area contributed by atoms with Gasteiger partial charge in [0.1, 0.15) is 0 Å². The molecule has 1 aromatic carbocycles. The molecule has 0 saturated carbocycles. The molecule has 1 aromatic rings.